The Morgan fingerprint density at radius 1 is 0.490 bits per heavy atom. The van der Waals surface area contributed by atoms with Gasteiger partial charge in [0.2, 0.25) is 20.0 Å². The monoisotopic (exact) mass is 708 g/mol. The van der Waals surface area contributed by atoms with Gasteiger partial charge in [-0.15, -0.1) is 0 Å². The van der Waals surface area contributed by atoms with E-state index in [1.165, 1.54) is 64.2 Å². The molecule has 268 valence electrons. The highest BCUT2D eigenvalue weighted by atomic mass is 32.2. The number of nitrogens with one attached hydrogen (secondary N) is 3. The highest BCUT2D eigenvalue weighted by Crippen LogP contribution is 2.39. The van der Waals surface area contributed by atoms with Gasteiger partial charge in [0.15, 0.2) is 0 Å². The van der Waals surface area contributed by atoms with E-state index in [2.05, 4.69) is 28.7 Å². The Kier molecular flexibility index (Phi) is 15.8. The summed E-state index contributed by atoms with van der Waals surface area (Å²) in [5, 5.41) is 4.70. The van der Waals surface area contributed by atoms with Gasteiger partial charge in [-0.1, -0.05) is 134 Å². The van der Waals surface area contributed by atoms with Crippen LogP contribution in [0.5, 0.6) is 0 Å². The number of fused-ring (bicyclic) bond motifs is 3. The van der Waals surface area contributed by atoms with Crippen LogP contribution < -0.4 is 14.9 Å². The van der Waals surface area contributed by atoms with E-state index in [-0.39, 0.29) is 9.79 Å². The number of hydrogen-bond acceptors (Lipinski definition) is 6. The summed E-state index contributed by atoms with van der Waals surface area (Å²) in [4.78, 5) is 0.316. The van der Waals surface area contributed by atoms with Crippen molar-refractivity contribution in [3.05, 3.63) is 77.9 Å². The van der Waals surface area contributed by atoms with Crippen molar-refractivity contribution in [3.63, 3.8) is 0 Å². The molecule has 0 bridgehead atoms. The smallest absolute Gasteiger partial charge is 0.240 e. The van der Waals surface area contributed by atoms with Gasteiger partial charge in [0.05, 0.1) is 21.2 Å². The van der Waals surface area contributed by atoms with Crippen molar-refractivity contribution in [1.82, 2.24) is 9.44 Å². The molecule has 0 saturated carbocycles. The lowest BCUT2D eigenvalue weighted by molar-refractivity contribution is 0.558. The number of unbranched alkanes of at least 4 members (excludes halogenated alkanes) is 14. The fraction of sp³-hybridized carbons (Fsp3) is 0.513. The Bertz CT molecular complexity index is 1600. The third-order valence-corrected chi connectivity index (χ3v) is 12.0. The topological polar surface area (TPSA) is 117 Å². The van der Waals surface area contributed by atoms with Gasteiger partial charge in [0.1, 0.15) is 0 Å². The van der Waals surface area contributed by atoms with Crippen molar-refractivity contribution in [3.8, 4) is 11.1 Å². The van der Waals surface area contributed by atoms with Crippen LogP contribution in [0, 0.1) is 0 Å². The summed E-state index contributed by atoms with van der Waals surface area (Å²) >= 11 is 0. The number of nitrogens with zero attached hydrogens (tertiary/aromatic N) is 1. The van der Waals surface area contributed by atoms with Crippen LogP contribution in [-0.2, 0) is 20.0 Å². The molecule has 0 saturated heterocycles. The molecular formula is C39H56N4O4S2. The molecule has 0 atom stereocenters. The first-order valence-corrected chi connectivity index (χ1v) is 21.4. The second-order valence-corrected chi connectivity index (χ2v) is 16.6. The van der Waals surface area contributed by atoms with E-state index < -0.39 is 20.0 Å². The number of hydrazone groups is 1. The Balaban J connectivity index is 1.46. The molecule has 3 aromatic carbocycles. The Morgan fingerprint density at radius 3 is 1.33 bits per heavy atom. The molecule has 1 aliphatic rings. The van der Waals surface area contributed by atoms with Crippen LogP contribution in [0.15, 0.2) is 81.6 Å². The molecule has 49 heavy (non-hydrogen) atoms. The van der Waals surface area contributed by atoms with Crippen molar-refractivity contribution >= 4 is 31.4 Å². The van der Waals surface area contributed by atoms with Gasteiger partial charge in [-0.3, -0.25) is 5.43 Å². The maximum atomic E-state index is 13.4. The highest BCUT2D eigenvalue weighted by Gasteiger charge is 2.29. The normalized spacial score (nSPS) is 12.6. The zero-order valence-corrected chi connectivity index (χ0v) is 31.1. The first kappa shape index (κ1) is 38.7. The minimum atomic E-state index is -3.75. The van der Waals surface area contributed by atoms with E-state index in [0.717, 1.165) is 55.3 Å². The highest BCUT2D eigenvalue weighted by molar-refractivity contribution is 7.89. The summed E-state index contributed by atoms with van der Waals surface area (Å²) < 4.78 is 59.0. The lowest BCUT2D eigenvalue weighted by atomic mass is 10.1. The number of para-hydroxylation sites is 1. The molecule has 4 rings (SSSR count). The van der Waals surface area contributed by atoms with E-state index >= 15 is 0 Å². The molecule has 10 heteroatoms. The van der Waals surface area contributed by atoms with E-state index in [4.69, 9.17) is 5.10 Å². The number of sulfonamides is 2. The van der Waals surface area contributed by atoms with Gasteiger partial charge in [0.25, 0.3) is 0 Å². The number of rotatable bonds is 24. The van der Waals surface area contributed by atoms with E-state index in [1.54, 1.807) is 36.4 Å². The predicted octanol–water partition coefficient (Wildman–Crippen LogP) is 9.37. The van der Waals surface area contributed by atoms with Crippen LogP contribution in [0.4, 0.5) is 5.69 Å². The minimum Gasteiger partial charge on any atom is -0.278 e. The van der Waals surface area contributed by atoms with Gasteiger partial charge >= 0.3 is 0 Å². The van der Waals surface area contributed by atoms with Gasteiger partial charge < -0.3 is 0 Å². The van der Waals surface area contributed by atoms with Gasteiger partial charge in [-0.05, 0) is 60.4 Å². The summed E-state index contributed by atoms with van der Waals surface area (Å²) in [5.41, 5.74) is 7.22. The molecule has 0 spiro atoms. The number of benzene rings is 3. The molecule has 0 radical (unpaired) electrons. The van der Waals surface area contributed by atoms with Crippen LogP contribution in [0.25, 0.3) is 11.1 Å². The third kappa shape index (κ3) is 11.8. The summed E-state index contributed by atoms with van der Waals surface area (Å²) in [7, 11) is -7.50. The van der Waals surface area contributed by atoms with Crippen molar-refractivity contribution < 1.29 is 16.8 Å². The fourth-order valence-electron chi connectivity index (χ4n) is 6.24. The van der Waals surface area contributed by atoms with Crippen LogP contribution in [0.2, 0.25) is 0 Å². The van der Waals surface area contributed by atoms with Crippen LogP contribution >= 0.6 is 0 Å². The second kappa shape index (κ2) is 20.0. The molecule has 3 aromatic rings. The number of anilines is 1. The van der Waals surface area contributed by atoms with E-state index in [1.807, 2.05) is 30.3 Å². The summed E-state index contributed by atoms with van der Waals surface area (Å²) in [6.07, 6.45) is 18.2. The molecule has 0 unspecified atom stereocenters. The molecule has 0 heterocycles. The van der Waals surface area contributed by atoms with Crippen molar-refractivity contribution in [2.45, 2.75) is 126 Å². The van der Waals surface area contributed by atoms with Crippen LogP contribution in [0.3, 0.4) is 0 Å². The van der Waals surface area contributed by atoms with E-state index in [9.17, 15) is 16.8 Å². The lowest BCUT2D eigenvalue weighted by Crippen LogP contribution is -2.25. The van der Waals surface area contributed by atoms with Crippen LogP contribution in [0.1, 0.15) is 128 Å². The number of hydrogen-bond donors (Lipinski definition) is 3. The standard InChI is InChI=1S/C39H56N4O4S2/c1-3-5-7-9-11-13-15-20-28-40-48(44,45)33-24-26-35-36-27-25-34(49(46,47)41-29-21-16-14-12-10-8-6-4-2)31-38(36)39(37(35)30-33)43-42-32-22-18-17-19-23-32/h17-19,22-27,30-31,40-42H,3-16,20-21,28-29H2,1-2H3. The summed E-state index contributed by atoms with van der Waals surface area (Å²) in [6, 6.07) is 19.6. The molecule has 0 aromatic heterocycles. The third-order valence-electron chi connectivity index (χ3n) is 9.12. The molecule has 0 amide bonds. The predicted molar refractivity (Wildman–Crippen MR) is 203 cm³/mol. The molecule has 0 fully saturated rings. The second-order valence-electron chi connectivity index (χ2n) is 13.1. The molecule has 8 nitrogen and oxygen atoms in total. The first-order chi connectivity index (χ1) is 23.8. The summed E-state index contributed by atoms with van der Waals surface area (Å²) in [5.74, 6) is 0. The zero-order chi connectivity index (χ0) is 35.0. The minimum absolute atomic E-state index is 0.158. The largest absolute Gasteiger partial charge is 0.278 e. The van der Waals surface area contributed by atoms with Crippen molar-refractivity contribution in [2.24, 2.45) is 5.10 Å². The maximum Gasteiger partial charge on any atom is 0.240 e. The first-order valence-electron chi connectivity index (χ1n) is 18.4. The molecule has 1 aliphatic carbocycles. The Hall–Kier alpha value is -3.05. The van der Waals surface area contributed by atoms with Crippen molar-refractivity contribution in [2.75, 3.05) is 18.5 Å². The Morgan fingerprint density at radius 2 is 0.898 bits per heavy atom. The van der Waals surface area contributed by atoms with Crippen LogP contribution in [-0.4, -0.2) is 35.6 Å². The zero-order valence-electron chi connectivity index (χ0n) is 29.5. The average Bonchev–Trinajstić information content (AvgIpc) is 3.42. The maximum absolute atomic E-state index is 13.4. The van der Waals surface area contributed by atoms with E-state index in [0.29, 0.717) is 29.9 Å². The Labute approximate surface area is 295 Å². The molecular weight excluding hydrogens is 653 g/mol. The van der Waals surface area contributed by atoms with Gasteiger partial charge in [-0.2, -0.15) is 5.10 Å². The SMILES string of the molecule is CCCCCCCCCCNS(=O)(=O)c1ccc2c(c1)C(=NNc1ccccc1)c1cc(S(=O)(=O)NCCCCCCCCCC)ccc1-2. The average molecular weight is 709 g/mol. The van der Waals surface area contributed by atoms with Gasteiger partial charge in [-0.25, -0.2) is 26.3 Å². The molecule has 3 N–H and O–H groups in total. The quantitative estimate of drug-likeness (QED) is 0.0496. The summed E-state index contributed by atoms with van der Waals surface area (Å²) in [6.45, 7) is 5.19. The van der Waals surface area contributed by atoms with Crippen molar-refractivity contribution in [1.29, 1.82) is 0 Å². The molecule has 0 aliphatic heterocycles. The fourth-order valence-corrected chi connectivity index (χ4v) is 8.44. The van der Waals surface area contributed by atoms with Gasteiger partial charge in [0, 0.05) is 24.2 Å². The lowest BCUT2D eigenvalue weighted by Gasteiger charge is -2.10.